The van der Waals surface area contributed by atoms with Gasteiger partial charge in [0, 0.05) is 54.3 Å². The predicted octanol–water partition coefficient (Wildman–Crippen LogP) is 2.38. The summed E-state index contributed by atoms with van der Waals surface area (Å²) in [5, 5.41) is 1.19. The van der Waals surface area contributed by atoms with Gasteiger partial charge in [-0.15, -0.1) is 0 Å². The van der Waals surface area contributed by atoms with Crippen molar-refractivity contribution in [3.05, 3.63) is 42.9 Å². The molecule has 5 nitrogen and oxygen atoms in total. The number of nitrogens with zero attached hydrogens (tertiary/aromatic N) is 4. The molecule has 0 amide bonds. The summed E-state index contributed by atoms with van der Waals surface area (Å²) in [6.07, 6.45) is 5.73. The lowest BCUT2D eigenvalue weighted by Crippen LogP contribution is -2.52. The van der Waals surface area contributed by atoms with E-state index in [1.165, 1.54) is 11.9 Å². The Morgan fingerprint density at radius 2 is 2.09 bits per heavy atom. The van der Waals surface area contributed by atoms with Gasteiger partial charge in [0.2, 0.25) is 0 Å². The van der Waals surface area contributed by atoms with Gasteiger partial charge < -0.3 is 14.8 Å². The molecule has 1 N–H and O–H groups in total. The molecule has 1 aromatic carbocycles. The molecule has 116 valence electrons. The van der Waals surface area contributed by atoms with Gasteiger partial charge in [-0.05, 0) is 19.2 Å². The van der Waals surface area contributed by atoms with E-state index in [-0.39, 0.29) is 0 Å². The van der Waals surface area contributed by atoms with Crippen LogP contribution >= 0.6 is 0 Å². The van der Waals surface area contributed by atoms with Gasteiger partial charge in [-0.25, -0.2) is 4.98 Å². The van der Waals surface area contributed by atoms with E-state index >= 15 is 0 Å². The zero-order chi connectivity index (χ0) is 15.4. The van der Waals surface area contributed by atoms with Crippen LogP contribution in [0.15, 0.2) is 42.9 Å². The van der Waals surface area contributed by atoms with Gasteiger partial charge >= 0.3 is 0 Å². The highest BCUT2D eigenvalue weighted by molar-refractivity contribution is 5.94. The number of aromatic nitrogens is 3. The van der Waals surface area contributed by atoms with E-state index in [0.29, 0.717) is 6.04 Å². The summed E-state index contributed by atoms with van der Waals surface area (Å²) in [4.78, 5) is 17.4. The summed E-state index contributed by atoms with van der Waals surface area (Å²) in [6, 6.07) is 9.06. The summed E-state index contributed by atoms with van der Waals surface area (Å²) < 4.78 is 0. The number of benzene rings is 1. The second kappa shape index (κ2) is 4.80. The lowest BCUT2D eigenvalue weighted by molar-refractivity contribution is 0.0827. The summed E-state index contributed by atoms with van der Waals surface area (Å²) >= 11 is 0. The topological polar surface area (TPSA) is 48.0 Å². The van der Waals surface area contributed by atoms with Crippen molar-refractivity contribution in [3.8, 4) is 11.3 Å². The van der Waals surface area contributed by atoms with Crippen molar-refractivity contribution in [1.29, 1.82) is 0 Å². The number of rotatable bonds is 2. The molecule has 2 atom stereocenters. The van der Waals surface area contributed by atoms with E-state index in [4.69, 9.17) is 4.98 Å². The number of hydrogen-bond acceptors (Lipinski definition) is 4. The first-order valence-corrected chi connectivity index (χ1v) is 8.13. The Morgan fingerprint density at radius 3 is 2.96 bits per heavy atom. The molecule has 2 saturated heterocycles. The maximum atomic E-state index is 4.91. The predicted molar refractivity (Wildman–Crippen MR) is 91.4 cm³/mol. The third-order valence-electron chi connectivity index (χ3n) is 5.31. The highest BCUT2D eigenvalue weighted by Crippen LogP contribution is 2.34. The van der Waals surface area contributed by atoms with E-state index in [9.17, 15) is 0 Å². The third-order valence-corrected chi connectivity index (χ3v) is 5.31. The molecular weight excluding hydrogens is 286 g/mol. The van der Waals surface area contributed by atoms with Crippen LogP contribution < -0.4 is 4.90 Å². The van der Waals surface area contributed by atoms with Crippen LogP contribution in [0.25, 0.3) is 22.2 Å². The van der Waals surface area contributed by atoms with Crippen molar-refractivity contribution < 1.29 is 0 Å². The number of hydrogen-bond donors (Lipinski definition) is 1. The van der Waals surface area contributed by atoms with Crippen molar-refractivity contribution in [3.63, 3.8) is 0 Å². The van der Waals surface area contributed by atoms with Gasteiger partial charge in [-0.1, -0.05) is 12.1 Å². The molecule has 0 aliphatic carbocycles. The first-order chi connectivity index (χ1) is 11.3. The second-order valence-electron chi connectivity index (χ2n) is 6.68. The van der Waals surface area contributed by atoms with Crippen LogP contribution in [0.3, 0.4) is 0 Å². The van der Waals surface area contributed by atoms with E-state index in [0.717, 1.165) is 41.6 Å². The van der Waals surface area contributed by atoms with Crippen LogP contribution in [0.2, 0.25) is 0 Å². The Hall–Kier alpha value is -2.40. The average molecular weight is 305 g/mol. The molecule has 2 fully saturated rings. The summed E-state index contributed by atoms with van der Waals surface area (Å²) in [5.41, 5.74) is 3.22. The number of aromatic amines is 1. The largest absolute Gasteiger partial charge is 0.361 e. The Labute approximate surface area is 135 Å². The van der Waals surface area contributed by atoms with Crippen LogP contribution in [0.1, 0.15) is 0 Å². The molecule has 23 heavy (non-hydrogen) atoms. The smallest absolute Gasteiger partial charge is 0.147 e. The third kappa shape index (κ3) is 1.96. The first-order valence-electron chi connectivity index (χ1n) is 8.13. The number of likely N-dealkylation sites (tertiary alicyclic amines) is 1. The lowest BCUT2D eigenvalue weighted by atomic mass is 9.93. The molecule has 2 aromatic heterocycles. The van der Waals surface area contributed by atoms with Gasteiger partial charge in [0.05, 0.1) is 18.1 Å². The normalized spacial score (nSPS) is 24.0. The zero-order valence-electron chi connectivity index (χ0n) is 13.1. The van der Waals surface area contributed by atoms with Gasteiger partial charge in [0.25, 0.3) is 0 Å². The Morgan fingerprint density at radius 1 is 1.13 bits per heavy atom. The van der Waals surface area contributed by atoms with E-state index in [1.54, 1.807) is 0 Å². The van der Waals surface area contributed by atoms with E-state index in [2.05, 4.69) is 51.1 Å². The van der Waals surface area contributed by atoms with E-state index in [1.807, 2.05) is 18.6 Å². The van der Waals surface area contributed by atoms with Crippen molar-refractivity contribution in [2.45, 2.75) is 6.04 Å². The molecule has 0 unspecified atom stereocenters. The fourth-order valence-electron chi connectivity index (χ4n) is 4.03. The Bertz CT molecular complexity index is 870. The highest BCUT2D eigenvalue weighted by atomic mass is 15.3. The van der Waals surface area contributed by atoms with Crippen molar-refractivity contribution in [2.75, 3.05) is 31.6 Å². The maximum Gasteiger partial charge on any atom is 0.147 e. The Balaban J connectivity index is 1.52. The number of anilines is 1. The lowest BCUT2D eigenvalue weighted by Gasteiger charge is -2.40. The number of fused-ring (bicyclic) bond motifs is 2. The minimum atomic E-state index is 0.688. The maximum absolute atomic E-state index is 4.91. The minimum Gasteiger partial charge on any atom is -0.361 e. The average Bonchev–Trinajstić information content (AvgIpc) is 3.18. The standard InChI is InChI=1S/C18H19N5/c1-22-9-12-10-23(11-17(12)22)18-8-19-7-16(21-18)13-3-2-4-15-14(13)5-6-20-15/h2-8,12,17,20H,9-11H2,1H3/t12-,17+/m0/s1. The van der Waals surface area contributed by atoms with Crippen LogP contribution in [-0.2, 0) is 0 Å². The molecule has 5 rings (SSSR count). The number of likely N-dealkylation sites (N-methyl/N-ethyl adjacent to an activating group) is 1. The van der Waals surface area contributed by atoms with Crippen molar-refractivity contribution in [1.82, 2.24) is 19.9 Å². The first kappa shape index (κ1) is 13.1. The molecular formula is C18H19N5. The molecule has 2 aliphatic rings. The fraction of sp³-hybridized carbons (Fsp3) is 0.333. The number of H-pyrrole nitrogens is 1. The van der Waals surface area contributed by atoms with E-state index < -0.39 is 0 Å². The van der Waals surface area contributed by atoms with Crippen LogP contribution in [0, 0.1) is 5.92 Å². The summed E-state index contributed by atoms with van der Waals surface area (Å²) in [5.74, 6) is 1.79. The quantitative estimate of drug-likeness (QED) is 0.790. The molecule has 0 bridgehead atoms. The van der Waals surface area contributed by atoms with Crippen molar-refractivity contribution in [2.24, 2.45) is 5.92 Å². The molecule has 4 heterocycles. The van der Waals surface area contributed by atoms with Crippen LogP contribution in [-0.4, -0.2) is 52.6 Å². The second-order valence-corrected chi connectivity index (χ2v) is 6.68. The Kier molecular flexibility index (Phi) is 2.73. The minimum absolute atomic E-state index is 0.688. The fourth-order valence-corrected chi connectivity index (χ4v) is 4.03. The van der Waals surface area contributed by atoms with Crippen molar-refractivity contribution >= 4 is 16.7 Å². The number of nitrogens with one attached hydrogen (secondary N) is 1. The monoisotopic (exact) mass is 305 g/mol. The molecule has 0 saturated carbocycles. The van der Waals surface area contributed by atoms with Gasteiger partial charge in [0.15, 0.2) is 0 Å². The van der Waals surface area contributed by atoms with Gasteiger partial charge in [-0.3, -0.25) is 4.98 Å². The summed E-state index contributed by atoms with van der Waals surface area (Å²) in [6.45, 7) is 3.37. The van der Waals surface area contributed by atoms with Gasteiger partial charge in [0.1, 0.15) is 5.82 Å². The molecule has 5 heteroatoms. The van der Waals surface area contributed by atoms with Crippen LogP contribution in [0.5, 0.6) is 0 Å². The molecule has 3 aromatic rings. The molecule has 2 aliphatic heterocycles. The zero-order valence-corrected chi connectivity index (χ0v) is 13.1. The molecule has 0 radical (unpaired) electrons. The SMILES string of the molecule is CN1C[C@H]2CN(c3cncc(-c4cccc5[nH]ccc45)n3)C[C@H]21. The van der Waals surface area contributed by atoms with Gasteiger partial charge in [-0.2, -0.15) is 0 Å². The summed E-state index contributed by atoms with van der Waals surface area (Å²) in [7, 11) is 2.21. The van der Waals surface area contributed by atoms with Crippen LogP contribution in [0.4, 0.5) is 5.82 Å². The highest BCUT2D eigenvalue weighted by Gasteiger charge is 2.43. The molecule has 0 spiro atoms.